The van der Waals surface area contributed by atoms with Crippen LogP contribution in [0.4, 0.5) is 0 Å². The third kappa shape index (κ3) is 19.5. The van der Waals surface area contributed by atoms with Gasteiger partial charge in [-0.1, -0.05) is 0 Å². The van der Waals surface area contributed by atoms with Crippen LogP contribution in [-0.2, 0) is 66.7 Å². The molecule has 20 heteroatoms. The number of aliphatic hydroxyl groups is 2. The average Bonchev–Trinajstić information content (AvgIpc) is 3.06. The monoisotopic (exact) mass is 568 g/mol. The van der Waals surface area contributed by atoms with E-state index < -0.39 is 78.1 Å². The van der Waals surface area contributed by atoms with Gasteiger partial charge in [-0.15, -0.1) is 0 Å². The van der Waals surface area contributed by atoms with Crippen molar-refractivity contribution in [3.63, 3.8) is 0 Å². The van der Waals surface area contributed by atoms with Crippen molar-refractivity contribution in [3.8, 4) is 0 Å². The fourth-order valence-corrected chi connectivity index (χ4v) is 3.27. The zero-order valence-electron chi connectivity index (χ0n) is 18.1. The molecule has 0 radical (unpaired) electrons. The summed E-state index contributed by atoms with van der Waals surface area (Å²) >= 11 is 0. The molecule has 0 aromatic heterocycles. The highest BCUT2D eigenvalue weighted by atomic mass is 32.2. The maximum Gasteiger partial charge on any atom is 0.264 e. The fourth-order valence-electron chi connectivity index (χ4n) is 1.73. The second-order valence-corrected chi connectivity index (χ2v) is 13.2. The molecule has 1 aliphatic rings. The van der Waals surface area contributed by atoms with Crippen LogP contribution in [0, 0.1) is 0 Å². The van der Waals surface area contributed by atoms with Gasteiger partial charge in [-0.2, -0.15) is 33.7 Å². The molecular formula is C13H28O16S4. The van der Waals surface area contributed by atoms with Gasteiger partial charge < -0.3 is 19.7 Å². The third-order valence-corrected chi connectivity index (χ3v) is 5.48. The van der Waals surface area contributed by atoms with Crippen molar-refractivity contribution < 1.29 is 70.1 Å². The second kappa shape index (κ2) is 13.5. The SMILES string of the molecule is CS(=O)(=O)OC[C@@H](O)[C@H](O)COS(C)(=O)=O.CS(=O)(=O)OC[C@H]1OCO[C@@H]1COS(C)(=O)=O. The highest BCUT2D eigenvalue weighted by Crippen LogP contribution is 2.15. The van der Waals surface area contributed by atoms with E-state index in [2.05, 4.69) is 16.7 Å². The molecule has 1 aliphatic heterocycles. The molecule has 1 heterocycles. The molecule has 0 aromatic rings. The van der Waals surface area contributed by atoms with Crippen LogP contribution in [0.3, 0.4) is 0 Å². The van der Waals surface area contributed by atoms with Crippen molar-refractivity contribution in [1.82, 2.24) is 0 Å². The Morgan fingerprint density at radius 2 is 0.909 bits per heavy atom. The molecule has 0 spiro atoms. The summed E-state index contributed by atoms with van der Waals surface area (Å²) in [6.45, 7) is -1.89. The Hall–Kier alpha value is -0.520. The Morgan fingerprint density at radius 3 is 1.15 bits per heavy atom. The molecule has 0 amide bonds. The van der Waals surface area contributed by atoms with Gasteiger partial charge in [-0.05, 0) is 0 Å². The first-order valence-corrected chi connectivity index (χ1v) is 15.9. The van der Waals surface area contributed by atoms with Gasteiger partial charge in [-0.25, -0.2) is 0 Å². The molecule has 0 bridgehead atoms. The van der Waals surface area contributed by atoms with E-state index in [1.165, 1.54) is 0 Å². The quantitative estimate of drug-likeness (QED) is 0.204. The molecule has 200 valence electrons. The normalized spacial score (nSPS) is 21.8. The lowest BCUT2D eigenvalue weighted by Crippen LogP contribution is -2.35. The standard InChI is InChI=1S/C7H14O8S2.C6H14O8S2/c1-16(8,9)14-3-6-7(13-5-12-6)4-15-17(2,10)11;1-15(9,10)13-3-5(7)6(8)4-14-16(2,11)12/h6-7H,3-5H2,1-2H3;5-8H,3-4H2,1-2H3/t6-,7-;5-,6-/m11/s1. The lowest BCUT2D eigenvalue weighted by molar-refractivity contribution is -0.0264. The minimum Gasteiger partial charge on any atom is -0.388 e. The van der Waals surface area contributed by atoms with E-state index in [0.717, 1.165) is 25.0 Å². The number of rotatable bonds is 13. The predicted octanol–water partition coefficient (Wildman–Crippen LogP) is -3.66. The van der Waals surface area contributed by atoms with Gasteiger partial charge >= 0.3 is 0 Å². The molecule has 16 nitrogen and oxygen atoms in total. The van der Waals surface area contributed by atoms with Crippen molar-refractivity contribution in [2.24, 2.45) is 0 Å². The van der Waals surface area contributed by atoms with E-state index in [0.29, 0.717) is 0 Å². The zero-order chi connectivity index (χ0) is 26.1. The fraction of sp³-hybridized carbons (Fsp3) is 1.00. The van der Waals surface area contributed by atoms with Gasteiger partial charge in [0.15, 0.2) is 0 Å². The summed E-state index contributed by atoms with van der Waals surface area (Å²) in [5.41, 5.74) is 0. The Labute approximate surface area is 193 Å². The van der Waals surface area contributed by atoms with Gasteiger partial charge in [0.1, 0.15) is 31.2 Å². The van der Waals surface area contributed by atoms with Crippen LogP contribution >= 0.6 is 0 Å². The molecular weight excluding hydrogens is 540 g/mol. The maximum absolute atomic E-state index is 10.8. The number of hydrogen-bond donors (Lipinski definition) is 2. The van der Waals surface area contributed by atoms with E-state index >= 15 is 0 Å². The molecule has 0 aliphatic carbocycles. The van der Waals surface area contributed by atoms with Crippen LogP contribution < -0.4 is 0 Å². The lowest BCUT2D eigenvalue weighted by Gasteiger charge is -2.16. The number of hydrogen-bond acceptors (Lipinski definition) is 16. The Balaban J connectivity index is 0.000000622. The van der Waals surface area contributed by atoms with Crippen molar-refractivity contribution in [2.45, 2.75) is 24.4 Å². The lowest BCUT2D eigenvalue weighted by atomic mass is 10.2. The minimum atomic E-state index is -3.73. The van der Waals surface area contributed by atoms with Gasteiger partial charge in [0.2, 0.25) is 0 Å². The molecule has 0 saturated carbocycles. The molecule has 1 saturated heterocycles. The Morgan fingerprint density at radius 1 is 0.636 bits per heavy atom. The van der Waals surface area contributed by atoms with Crippen molar-refractivity contribution >= 4 is 40.5 Å². The van der Waals surface area contributed by atoms with Crippen molar-refractivity contribution in [3.05, 3.63) is 0 Å². The maximum atomic E-state index is 10.8. The topological polar surface area (TPSA) is 232 Å². The molecule has 0 unspecified atom stereocenters. The smallest absolute Gasteiger partial charge is 0.264 e. The molecule has 0 aromatic carbocycles. The average molecular weight is 569 g/mol. The molecule has 1 rings (SSSR count). The number of aliphatic hydroxyl groups excluding tert-OH is 2. The first-order chi connectivity index (χ1) is 14.7. The van der Waals surface area contributed by atoms with Crippen LogP contribution in [0.2, 0.25) is 0 Å². The van der Waals surface area contributed by atoms with Crippen LogP contribution in [0.25, 0.3) is 0 Å². The molecule has 4 atom stereocenters. The van der Waals surface area contributed by atoms with Crippen LogP contribution in [-0.4, -0.2) is 127 Å². The zero-order valence-corrected chi connectivity index (χ0v) is 21.4. The summed E-state index contributed by atoms with van der Waals surface area (Å²) in [4.78, 5) is 0. The van der Waals surface area contributed by atoms with E-state index in [4.69, 9.17) is 19.7 Å². The van der Waals surface area contributed by atoms with Gasteiger partial charge in [0.25, 0.3) is 40.5 Å². The highest BCUT2D eigenvalue weighted by Gasteiger charge is 2.31. The predicted molar refractivity (Wildman–Crippen MR) is 110 cm³/mol. The van der Waals surface area contributed by atoms with Crippen LogP contribution in [0.15, 0.2) is 0 Å². The number of ether oxygens (including phenoxy) is 2. The Bertz CT molecular complexity index is 919. The van der Waals surface area contributed by atoms with Crippen molar-refractivity contribution in [2.75, 3.05) is 58.2 Å². The van der Waals surface area contributed by atoms with E-state index in [1.807, 2.05) is 0 Å². The third-order valence-electron chi connectivity index (χ3n) is 3.22. The summed E-state index contributed by atoms with van der Waals surface area (Å²) < 4.78 is 113. The molecule has 2 N–H and O–H groups in total. The van der Waals surface area contributed by atoms with E-state index in [9.17, 15) is 33.7 Å². The van der Waals surface area contributed by atoms with E-state index in [1.54, 1.807) is 0 Å². The summed E-state index contributed by atoms with van der Waals surface area (Å²) in [7, 11) is -14.6. The van der Waals surface area contributed by atoms with Crippen LogP contribution in [0.5, 0.6) is 0 Å². The summed E-state index contributed by atoms with van der Waals surface area (Å²) in [5.74, 6) is 0. The Kier molecular flexibility index (Phi) is 13.3. The first-order valence-electron chi connectivity index (χ1n) is 8.65. The second-order valence-electron chi connectivity index (χ2n) is 6.62. The summed E-state index contributed by atoms with van der Waals surface area (Å²) in [5, 5.41) is 18.3. The highest BCUT2D eigenvalue weighted by molar-refractivity contribution is 7.86. The largest absolute Gasteiger partial charge is 0.388 e. The van der Waals surface area contributed by atoms with Gasteiger partial charge in [0, 0.05) is 0 Å². The molecule has 1 fully saturated rings. The first kappa shape index (κ1) is 32.5. The van der Waals surface area contributed by atoms with E-state index in [-0.39, 0.29) is 20.0 Å². The van der Waals surface area contributed by atoms with Gasteiger partial charge in [0.05, 0.1) is 51.5 Å². The summed E-state index contributed by atoms with van der Waals surface area (Å²) in [6, 6.07) is 0. The van der Waals surface area contributed by atoms with Crippen molar-refractivity contribution in [1.29, 1.82) is 0 Å². The molecule has 33 heavy (non-hydrogen) atoms. The summed E-state index contributed by atoms with van der Waals surface area (Å²) in [6.07, 6.45) is -1.10. The minimum absolute atomic E-state index is 0.0599. The van der Waals surface area contributed by atoms with Crippen LogP contribution in [0.1, 0.15) is 0 Å². The van der Waals surface area contributed by atoms with Gasteiger partial charge in [-0.3, -0.25) is 16.7 Å².